The van der Waals surface area contributed by atoms with E-state index in [9.17, 15) is 0 Å². The van der Waals surface area contributed by atoms with Crippen LogP contribution in [-0.2, 0) is 7.05 Å². The van der Waals surface area contributed by atoms with Crippen LogP contribution in [0.5, 0.6) is 0 Å². The fourth-order valence-corrected chi connectivity index (χ4v) is 1.78. The average molecular weight is 227 g/mol. The number of fused-ring (bicyclic) bond motifs is 1. The van der Waals surface area contributed by atoms with Crippen molar-refractivity contribution in [2.24, 2.45) is 7.05 Å². The minimum absolute atomic E-state index is 1.27. The van der Waals surface area contributed by atoms with E-state index in [0.717, 1.165) is 0 Å². The number of aryl methyl sites for hydroxylation is 1. The predicted octanol–water partition coefficient (Wildman–Crippen LogP) is 4.79. The summed E-state index contributed by atoms with van der Waals surface area (Å²) in [5.41, 5.74) is 2.55. The minimum Gasteiger partial charge on any atom is -0.350 e. The molecule has 0 unspecified atom stereocenters. The van der Waals surface area contributed by atoms with Crippen LogP contribution in [0.25, 0.3) is 17.0 Å². The van der Waals surface area contributed by atoms with Gasteiger partial charge in [0.25, 0.3) is 0 Å². The SMILES string of the molecule is C/C=C\C=C/c1cn(C)c2ccccc12.CC. The first-order chi connectivity index (χ1) is 8.33. The molecule has 1 heterocycles. The number of rotatable bonds is 2. The molecule has 0 saturated carbocycles. The van der Waals surface area contributed by atoms with Gasteiger partial charge in [-0.1, -0.05) is 56.4 Å². The van der Waals surface area contributed by atoms with Crippen LogP contribution in [0.2, 0.25) is 0 Å². The van der Waals surface area contributed by atoms with Gasteiger partial charge in [-0.3, -0.25) is 0 Å². The van der Waals surface area contributed by atoms with E-state index in [0.29, 0.717) is 0 Å². The molecule has 1 aromatic carbocycles. The Morgan fingerprint density at radius 3 is 2.47 bits per heavy atom. The number of benzene rings is 1. The highest BCUT2D eigenvalue weighted by atomic mass is 14.9. The molecular weight excluding hydrogens is 206 g/mol. The molecule has 2 rings (SSSR count). The van der Waals surface area contributed by atoms with Crippen LogP contribution in [-0.4, -0.2) is 4.57 Å². The molecule has 1 aromatic heterocycles. The normalized spacial score (nSPS) is 11.1. The largest absolute Gasteiger partial charge is 0.350 e. The Balaban J connectivity index is 0.000000686. The van der Waals surface area contributed by atoms with E-state index >= 15 is 0 Å². The lowest BCUT2D eigenvalue weighted by molar-refractivity contribution is 0.968. The summed E-state index contributed by atoms with van der Waals surface area (Å²) in [6.07, 6.45) is 10.4. The fraction of sp³-hybridized carbons (Fsp3) is 0.250. The highest BCUT2D eigenvalue weighted by Crippen LogP contribution is 2.21. The van der Waals surface area contributed by atoms with E-state index in [4.69, 9.17) is 0 Å². The Kier molecular flexibility index (Phi) is 5.28. The van der Waals surface area contributed by atoms with Crippen molar-refractivity contribution in [2.45, 2.75) is 20.8 Å². The summed E-state index contributed by atoms with van der Waals surface area (Å²) >= 11 is 0. The van der Waals surface area contributed by atoms with Crippen molar-refractivity contribution < 1.29 is 0 Å². The Bertz CT molecular complexity index is 515. The molecular formula is C16H21N. The molecule has 0 bridgehead atoms. The monoisotopic (exact) mass is 227 g/mol. The second-order valence-electron chi connectivity index (χ2n) is 3.60. The van der Waals surface area contributed by atoms with Gasteiger partial charge < -0.3 is 4.57 Å². The van der Waals surface area contributed by atoms with Gasteiger partial charge >= 0.3 is 0 Å². The third kappa shape index (κ3) is 3.10. The molecule has 0 amide bonds. The number of nitrogens with zero attached hydrogens (tertiary/aromatic N) is 1. The van der Waals surface area contributed by atoms with Crippen LogP contribution in [0.1, 0.15) is 26.3 Å². The number of para-hydroxylation sites is 1. The highest BCUT2D eigenvalue weighted by Gasteiger charge is 2.01. The van der Waals surface area contributed by atoms with Gasteiger partial charge in [0.1, 0.15) is 0 Å². The van der Waals surface area contributed by atoms with E-state index in [-0.39, 0.29) is 0 Å². The van der Waals surface area contributed by atoms with Gasteiger partial charge in [-0.05, 0) is 18.6 Å². The maximum Gasteiger partial charge on any atom is 0.0483 e. The summed E-state index contributed by atoms with van der Waals surface area (Å²) in [4.78, 5) is 0. The Hall–Kier alpha value is -1.76. The lowest BCUT2D eigenvalue weighted by Crippen LogP contribution is -1.81. The Labute approximate surface area is 104 Å². The van der Waals surface area contributed by atoms with Crippen molar-refractivity contribution >= 4 is 17.0 Å². The van der Waals surface area contributed by atoms with Crippen molar-refractivity contribution in [2.75, 3.05) is 0 Å². The van der Waals surface area contributed by atoms with E-state index < -0.39 is 0 Å². The van der Waals surface area contributed by atoms with Crippen LogP contribution in [0.15, 0.2) is 48.7 Å². The van der Waals surface area contributed by atoms with Crippen molar-refractivity contribution in [1.29, 1.82) is 0 Å². The minimum atomic E-state index is 1.27. The zero-order valence-corrected chi connectivity index (χ0v) is 11.1. The summed E-state index contributed by atoms with van der Waals surface area (Å²) in [6, 6.07) is 8.45. The average Bonchev–Trinajstić information content (AvgIpc) is 2.70. The maximum absolute atomic E-state index is 2.16. The van der Waals surface area contributed by atoms with Gasteiger partial charge in [0, 0.05) is 24.1 Å². The third-order valence-electron chi connectivity index (χ3n) is 2.51. The summed E-state index contributed by atoms with van der Waals surface area (Å²) < 4.78 is 2.16. The van der Waals surface area contributed by atoms with Crippen molar-refractivity contribution in [3.05, 3.63) is 54.3 Å². The van der Waals surface area contributed by atoms with E-state index in [1.807, 2.05) is 32.9 Å². The molecule has 0 N–H and O–H groups in total. The van der Waals surface area contributed by atoms with Crippen molar-refractivity contribution in [3.63, 3.8) is 0 Å². The first-order valence-electron chi connectivity index (χ1n) is 6.16. The van der Waals surface area contributed by atoms with Gasteiger partial charge in [-0.2, -0.15) is 0 Å². The molecule has 2 aromatic rings. The second kappa shape index (κ2) is 6.74. The van der Waals surface area contributed by atoms with Gasteiger partial charge in [-0.25, -0.2) is 0 Å². The van der Waals surface area contributed by atoms with Gasteiger partial charge in [0.2, 0.25) is 0 Å². The first-order valence-corrected chi connectivity index (χ1v) is 6.16. The van der Waals surface area contributed by atoms with Gasteiger partial charge in [0.15, 0.2) is 0 Å². The summed E-state index contributed by atoms with van der Waals surface area (Å²) in [5, 5.41) is 1.31. The smallest absolute Gasteiger partial charge is 0.0483 e. The third-order valence-corrected chi connectivity index (χ3v) is 2.51. The van der Waals surface area contributed by atoms with Crippen LogP contribution in [0, 0.1) is 0 Å². The second-order valence-corrected chi connectivity index (χ2v) is 3.60. The fourth-order valence-electron chi connectivity index (χ4n) is 1.78. The van der Waals surface area contributed by atoms with E-state index in [1.165, 1.54) is 16.5 Å². The summed E-state index contributed by atoms with van der Waals surface area (Å²) in [5.74, 6) is 0. The lowest BCUT2D eigenvalue weighted by Gasteiger charge is -1.92. The predicted molar refractivity (Wildman–Crippen MR) is 78.1 cm³/mol. The number of hydrogen-bond donors (Lipinski definition) is 0. The zero-order chi connectivity index (χ0) is 12.7. The number of allylic oxidation sites excluding steroid dienone is 3. The molecule has 17 heavy (non-hydrogen) atoms. The maximum atomic E-state index is 2.16. The molecule has 0 aliphatic carbocycles. The molecule has 0 aliphatic heterocycles. The Morgan fingerprint density at radius 2 is 1.76 bits per heavy atom. The van der Waals surface area contributed by atoms with Crippen LogP contribution < -0.4 is 0 Å². The molecule has 0 aliphatic rings. The van der Waals surface area contributed by atoms with Crippen LogP contribution in [0.3, 0.4) is 0 Å². The van der Waals surface area contributed by atoms with Gasteiger partial charge in [0.05, 0.1) is 0 Å². The standard InChI is InChI=1S/C14H15N.C2H6/c1-3-4-5-8-12-11-15(2)14-10-7-6-9-13(12)14;1-2/h3-11H,1-2H3;1-2H3/b4-3-,8-5-;. The highest BCUT2D eigenvalue weighted by molar-refractivity contribution is 5.89. The first kappa shape index (κ1) is 13.3. The molecule has 0 radical (unpaired) electrons. The number of aromatic nitrogens is 1. The zero-order valence-electron chi connectivity index (χ0n) is 11.1. The molecule has 0 spiro atoms. The van der Waals surface area contributed by atoms with Crippen molar-refractivity contribution in [3.8, 4) is 0 Å². The lowest BCUT2D eigenvalue weighted by atomic mass is 10.1. The molecule has 0 atom stereocenters. The number of hydrogen-bond acceptors (Lipinski definition) is 0. The molecule has 0 saturated heterocycles. The van der Waals surface area contributed by atoms with Crippen LogP contribution in [0.4, 0.5) is 0 Å². The Morgan fingerprint density at radius 1 is 1.06 bits per heavy atom. The molecule has 90 valence electrons. The molecule has 0 fully saturated rings. The summed E-state index contributed by atoms with van der Waals surface area (Å²) in [6.45, 7) is 6.02. The molecule has 1 nitrogen and oxygen atoms in total. The van der Waals surface area contributed by atoms with E-state index in [1.54, 1.807) is 0 Å². The molecule has 1 heteroatoms. The van der Waals surface area contributed by atoms with Crippen LogP contribution >= 0.6 is 0 Å². The quantitative estimate of drug-likeness (QED) is 0.650. The summed E-state index contributed by atoms with van der Waals surface area (Å²) in [7, 11) is 2.08. The van der Waals surface area contributed by atoms with E-state index in [2.05, 4.69) is 54.2 Å². The topological polar surface area (TPSA) is 4.93 Å². The van der Waals surface area contributed by atoms with Crippen molar-refractivity contribution in [1.82, 2.24) is 4.57 Å². The van der Waals surface area contributed by atoms with Gasteiger partial charge in [-0.15, -0.1) is 0 Å².